The first kappa shape index (κ1) is 10.6. The molecule has 0 atom stereocenters. The molecule has 2 N–H and O–H groups in total. The highest BCUT2D eigenvalue weighted by atomic mass is 35.5. The summed E-state index contributed by atoms with van der Waals surface area (Å²) in [5, 5.41) is 0.976. The molecule has 0 saturated carbocycles. The fraction of sp³-hybridized carbons (Fsp3) is 0.111. The fourth-order valence-electron chi connectivity index (χ4n) is 0.793. The standard InChI is InChI=1S/C9H7Cl2NS/c10-7-5-9(12)8(11)4-6(7)2-1-3-13/h4-5,13H,3,12H2. The molecule has 1 aromatic carbocycles. The van der Waals surface area contributed by atoms with Crippen molar-refractivity contribution in [3.63, 3.8) is 0 Å². The third-order valence-corrected chi connectivity index (χ3v) is 2.19. The van der Waals surface area contributed by atoms with E-state index in [0.717, 1.165) is 0 Å². The summed E-state index contributed by atoms with van der Waals surface area (Å²) in [5.41, 5.74) is 6.68. The molecule has 0 spiro atoms. The molecule has 0 unspecified atom stereocenters. The topological polar surface area (TPSA) is 26.0 Å². The van der Waals surface area contributed by atoms with Gasteiger partial charge in [-0.2, -0.15) is 12.6 Å². The molecular weight excluding hydrogens is 225 g/mol. The number of nitrogens with two attached hydrogens (primary N) is 1. The smallest absolute Gasteiger partial charge is 0.0648 e. The Hall–Kier alpha value is -0.490. The lowest BCUT2D eigenvalue weighted by atomic mass is 10.2. The van der Waals surface area contributed by atoms with Crippen molar-refractivity contribution in [2.75, 3.05) is 11.5 Å². The fourth-order valence-corrected chi connectivity index (χ4v) is 1.25. The number of nitrogen functional groups attached to an aromatic ring is 1. The minimum absolute atomic E-state index is 0.461. The number of thiol groups is 1. The summed E-state index contributed by atoms with van der Waals surface area (Å²) in [7, 11) is 0. The SMILES string of the molecule is Nc1cc(Cl)c(C#CCS)cc1Cl. The Balaban J connectivity index is 3.16. The van der Waals surface area contributed by atoms with Crippen LogP contribution in [0.15, 0.2) is 12.1 Å². The maximum Gasteiger partial charge on any atom is 0.0648 e. The van der Waals surface area contributed by atoms with Gasteiger partial charge in [-0.15, -0.1) is 0 Å². The number of anilines is 1. The van der Waals surface area contributed by atoms with E-state index in [0.29, 0.717) is 27.0 Å². The van der Waals surface area contributed by atoms with Crippen LogP contribution in [0, 0.1) is 11.8 Å². The summed E-state index contributed by atoms with van der Waals surface area (Å²) >= 11 is 15.6. The van der Waals surface area contributed by atoms with E-state index in [9.17, 15) is 0 Å². The molecule has 4 heteroatoms. The first-order chi connectivity index (χ1) is 6.15. The normalized spacial score (nSPS) is 9.15. The van der Waals surface area contributed by atoms with Crippen molar-refractivity contribution >= 4 is 41.5 Å². The van der Waals surface area contributed by atoms with Crippen molar-refractivity contribution in [3.05, 3.63) is 27.7 Å². The van der Waals surface area contributed by atoms with Gasteiger partial charge in [0.25, 0.3) is 0 Å². The molecule has 0 heterocycles. The Labute approximate surface area is 92.6 Å². The van der Waals surface area contributed by atoms with E-state index < -0.39 is 0 Å². The summed E-state index contributed by atoms with van der Waals surface area (Å²) in [4.78, 5) is 0. The van der Waals surface area contributed by atoms with Crippen LogP contribution in [0.2, 0.25) is 10.0 Å². The van der Waals surface area contributed by atoms with Gasteiger partial charge in [-0.1, -0.05) is 35.0 Å². The highest BCUT2D eigenvalue weighted by molar-refractivity contribution is 7.80. The van der Waals surface area contributed by atoms with Gasteiger partial charge in [0, 0.05) is 5.56 Å². The van der Waals surface area contributed by atoms with E-state index in [1.165, 1.54) is 0 Å². The quantitative estimate of drug-likeness (QED) is 0.401. The van der Waals surface area contributed by atoms with Crippen LogP contribution in [0.25, 0.3) is 0 Å². The van der Waals surface area contributed by atoms with Crippen molar-refractivity contribution in [2.45, 2.75) is 0 Å². The second-order valence-electron chi connectivity index (χ2n) is 2.31. The maximum atomic E-state index is 5.87. The monoisotopic (exact) mass is 231 g/mol. The lowest BCUT2D eigenvalue weighted by molar-refractivity contribution is 1.63. The molecular formula is C9H7Cl2NS. The zero-order valence-electron chi connectivity index (χ0n) is 6.64. The molecule has 1 rings (SSSR count). The molecule has 0 fully saturated rings. The average Bonchev–Trinajstić information content (AvgIpc) is 2.09. The molecule has 68 valence electrons. The summed E-state index contributed by atoms with van der Waals surface area (Å²) in [6.07, 6.45) is 0. The van der Waals surface area contributed by atoms with Crippen LogP contribution in [-0.2, 0) is 0 Å². The Bertz CT molecular complexity index is 379. The third-order valence-electron chi connectivity index (χ3n) is 1.39. The van der Waals surface area contributed by atoms with Crippen LogP contribution in [0.3, 0.4) is 0 Å². The van der Waals surface area contributed by atoms with Gasteiger partial charge >= 0.3 is 0 Å². The lowest BCUT2D eigenvalue weighted by Gasteiger charge is -2.00. The summed E-state index contributed by atoms with van der Waals surface area (Å²) in [6, 6.07) is 3.24. The van der Waals surface area contributed by atoms with E-state index in [2.05, 4.69) is 24.5 Å². The molecule has 13 heavy (non-hydrogen) atoms. The Morgan fingerprint density at radius 2 is 2.00 bits per heavy atom. The molecule has 0 radical (unpaired) electrons. The van der Waals surface area contributed by atoms with Crippen molar-refractivity contribution in [3.8, 4) is 11.8 Å². The molecule has 0 amide bonds. The van der Waals surface area contributed by atoms with Crippen LogP contribution < -0.4 is 5.73 Å². The molecule has 0 aliphatic rings. The van der Waals surface area contributed by atoms with Gasteiger partial charge in [0.1, 0.15) is 0 Å². The first-order valence-electron chi connectivity index (χ1n) is 3.49. The zero-order chi connectivity index (χ0) is 9.84. The molecule has 1 nitrogen and oxygen atoms in total. The highest BCUT2D eigenvalue weighted by Crippen LogP contribution is 2.26. The van der Waals surface area contributed by atoms with E-state index >= 15 is 0 Å². The van der Waals surface area contributed by atoms with Crippen LogP contribution in [0.4, 0.5) is 5.69 Å². The van der Waals surface area contributed by atoms with E-state index in [-0.39, 0.29) is 0 Å². The molecule has 0 aliphatic heterocycles. The predicted molar refractivity (Wildman–Crippen MR) is 61.6 cm³/mol. The van der Waals surface area contributed by atoms with E-state index in [1.54, 1.807) is 12.1 Å². The number of halogens is 2. The maximum absolute atomic E-state index is 5.87. The van der Waals surface area contributed by atoms with Gasteiger partial charge < -0.3 is 5.73 Å². The number of benzene rings is 1. The zero-order valence-corrected chi connectivity index (χ0v) is 9.05. The van der Waals surface area contributed by atoms with Gasteiger partial charge in [0.05, 0.1) is 21.5 Å². The molecule has 0 saturated heterocycles. The molecule has 0 aromatic heterocycles. The van der Waals surface area contributed by atoms with Gasteiger partial charge in [-0.3, -0.25) is 0 Å². The van der Waals surface area contributed by atoms with Gasteiger partial charge in [-0.25, -0.2) is 0 Å². The minimum atomic E-state index is 0.461. The van der Waals surface area contributed by atoms with Crippen LogP contribution in [0.5, 0.6) is 0 Å². The van der Waals surface area contributed by atoms with Gasteiger partial charge in [0.15, 0.2) is 0 Å². The van der Waals surface area contributed by atoms with Crippen molar-refractivity contribution in [1.29, 1.82) is 0 Å². The predicted octanol–water partition coefficient (Wildman–Crippen LogP) is 2.86. The molecule has 0 bridgehead atoms. The largest absolute Gasteiger partial charge is 0.397 e. The van der Waals surface area contributed by atoms with Gasteiger partial charge in [-0.05, 0) is 12.1 Å². The van der Waals surface area contributed by atoms with E-state index in [4.69, 9.17) is 28.9 Å². The summed E-state index contributed by atoms with van der Waals surface area (Å²) in [6.45, 7) is 0. The number of hydrogen-bond donors (Lipinski definition) is 2. The lowest BCUT2D eigenvalue weighted by Crippen LogP contribution is -1.88. The van der Waals surface area contributed by atoms with Crippen molar-refractivity contribution in [2.24, 2.45) is 0 Å². The Morgan fingerprint density at radius 3 is 2.62 bits per heavy atom. The van der Waals surface area contributed by atoms with E-state index in [1.807, 2.05) is 0 Å². The van der Waals surface area contributed by atoms with Crippen molar-refractivity contribution in [1.82, 2.24) is 0 Å². The highest BCUT2D eigenvalue weighted by Gasteiger charge is 2.02. The molecule has 0 aliphatic carbocycles. The van der Waals surface area contributed by atoms with Crippen LogP contribution >= 0.6 is 35.8 Å². The Morgan fingerprint density at radius 1 is 1.31 bits per heavy atom. The third kappa shape index (κ3) is 2.73. The summed E-state index contributed by atoms with van der Waals surface area (Å²) < 4.78 is 0. The Kier molecular flexibility index (Phi) is 3.80. The summed E-state index contributed by atoms with van der Waals surface area (Å²) in [5.74, 6) is 6.10. The van der Waals surface area contributed by atoms with Crippen LogP contribution in [-0.4, -0.2) is 5.75 Å². The average molecular weight is 232 g/mol. The first-order valence-corrected chi connectivity index (χ1v) is 4.88. The second-order valence-corrected chi connectivity index (χ2v) is 3.44. The van der Waals surface area contributed by atoms with Gasteiger partial charge in [0.2, 0.25) is 0 Å². The second kappa shape index (κ2) is 4.66. The number of rotatable bonds is 0. The number of hydrogen-bond acceptors (Lipinski definition) is 2. The minimum Gasteiger partial charge on any atom is -0.397 e. The van der Waals surface area contributed by atoms with Crippen LogP contribution in [0.1, 0.15) is 5.56 Å². The molecule has 1 aromatic rings. The van der Waals surface area contributed by atoms with Crippen molar-refractivity contribution < 1.29 is 0 Å².